The van der Waals surface area contributed by atoms with E-state index in [1.54, 1.807) is 4.90 Å². The molecule has 0 radical (unpaired) electrons. The highest BCUT2D eigenvalue weighted by Crippen LogP contribution is 2.34. The third-order valence-corrected chi connectivity index (χ3v) is 5.20. The van der Waals surface area contributed by atoms with Crippen molar-refractivity contribution in [3.63, 3.8) is 0 Å². The van der Waals surface area contributed by atoms with Crippen LogP contribution in [0.4, 0.5) is 30.6 Å². The fourth-order valence-corrected chi connectivity index (χ4v) is 3.47. The Bertz CT molecular complexity index is 936. The number of nitrogens with one attached hydrogen (secondary N) is 2. The van der Waals surface area contributed by atoms with Crippen LogP contribution in [0.5, 0.6) is 0 Å². The number of hydrogen-bond donors (Lipinski definition) is 2. The number of aromatic nitrogens is 2. The van der Waals surface area contributed by atoms with E-state index >= 15 is 0 Å². The van der Waals surface area contributed by atoms with Gasteiger partial charge in [-0.1, -0.05) is 24.6 Å². The minimum atomic E-state index is -4.59. The summed E-state index contributed by atoms with van der Waals surface area (Å²) in [4.78, 5) is 21.6. The van der Waals surface area contributed by atoms with Gasteiger partial charge in [0.25, 0.3) is 0 Å². The number of nitrogens with zero attached hydrogens (tertiary/aromatic N) is 3. The molecule has 1 aromatic carbocycles. The number of hydrogen-bond acceptors (Lipinski definition) is 6. The van der Waals surface area contributed by atoms with Crippen molar-refractivity contribution in [2.24, 2.45) is 0 Å². The van der Waals surface area contributed by atoms with Gasteiger partial charge >= 0.3 is 6.18 Å². The van der Waals surface area contributed by atoms with E-state index in [4.69, 9.17) is 4.74 Å². The van der Waals surface area contributed by atoms with E-state index in [1.807, 2.05) is 32.0 Å². The number of amides is 1. The van der Waals surface area contributed by atoms with E-state index in [1.165, 1.54) is 0 Å². The molecule has 2 heterocycles. The number of ether oxygens (including phenoxy) is 1. The van der Waals surface area contributed by atoms with Crippen molar-refractivity contribution in [2.75, 3.05) is 43.5 Å². The molecule has 1 amide bonds. The zero-order valence-corrected chi connectivity index (χ0v) is 18.3. The second kappa shape index (κ2) is 10.6. The second-order valence-corrected chi connectivity index (χ2v) is 7.62. The third kappa shape index (κ3) is 6.32. The van der Waals surface area contributed by atoms with Gasteiger partial charge in [0, 0.05) is 31.5 Å². The lowest BCUT2D eigenvalue weighted by molar-refractivity contribution is -0.137. The molecule has 0 spiro atoms. The first-order chi connectivity index (χ1) is 15.3. The Labute approximate surface area is 185 Å². The lowest BCUT2D eigenvalue weighted by Gasteiger charge is -2.20. The average Bonchev–Trinajstić information content (AvgIpc) is 2.95. The average molecular weight is 451 g/mol. The quantitative estimate of drug-likeness (QED) is 0.587. The molecular formula is C22H28F3N5O2. The normalized spacial score (nSPS) is 14.9. The van der Waals surface area contributed by atoms with Gasteiger partial charge in [-0.2, -0.15) is 18.2 Å². The molecular weight excluding hydrogens is 423 g/mol. The summed E-state index contributed by atoms with van der Waals surface area (Å²) in [5, 5.41) is 5.80. The Balaban J connectivity index is 1.70. The second-order valence-electron chi connectivity index (χ2n) is 7.62. The molecule has 2 N–H and O–H groups in total. The van der Waals surface area contributed by atoms with Crippen LogP contribution in [-0.2, 0) is 22.1 Å². The molecule has 0 saturated carbocycles. The Morgan fingerprint density at radius 3 is 2.81 bits per heavy atom. The van der Waals surface area contributed by atoms with Crippen LogP contribution >= 0.6 is 0 Å². The molecule has 0 aliphatic carbocycles. The third-order valence-electron chi connectivity index (χ3n) is 5.20. The lowest BCUT2D eigenvalue weighted by atomic mass is 10.1. The van der Waals surface area contributed by atoms with E-state index in [9.17, 15) is 18.0 Å². The van der Waals surface area contributed by atoms with Gasteiger partial charge in [-0.05, 0) is 31.4 Å². The highest BCUT2D eigenvalue weighted by Gasteiger charge is 2.35. The van der Waals surface area contributed by atoms with Gasteiger partial charge < -0.3 is 20.3 Å². The molecule has 1 saturated heterocycles. The first-order valence-corrected chi connectivity index (χ1v) is 10.7. The van der Waals surface area contributed by atoms with Crippen LogP contribution in [0.1, 0.15) is 36.5 Å². The standard InChI is InChI=1S/C22H28F3N5O2/c1-3-16-13-15(2)5-6-18(16)28-21-27-14-17(22(23,24)25)20(29-21)26-8-4-9-30-10-12-32-11-7-19(30)31/h5-6,13-14H,3-4,7-12H2,1-2H3,(H2,26,27,28,29). The van der Waals surface area contributed by atoms with Crippen LogP contribution in [0.25, 0.3) is 0 Å². The number of anilines is 3. The van der Waals surface area contributed by atoms with Crippen LogP contribution < -0.4 is 10.6 Å². The highest BCUT2D eigenvalue weighted by molar-refractivity contribution is 5.76. The molecule has 32 heavy (non-hydrogen) atoms. The molecule has 0 unspecified atom stereocenters. The molecule has 0 bridgehead atoms. The van der Waals surface area contributed by atoms with E-state index in [2.05, 4.69) is 20.6 Å². The topological polar surface area (TPSA) is 79.4 Å². The number of aryl methyl sites for hydroxylation is 2. The van der Waals surface area contributed by atoms with E-state index < -0.39 is 11.7 Å². The van der Waals surface area contributed by atoms with Gasteiger partial charge in [-0.3, -0.25) is 4.79 Å². The SMILES string of the molecule is CCc1cc(C)ccc1Nc1ncc(C(F)(F)F)c(NCCCN2CCOCCC2=O)n1. The molecule has 3 rings (SSSR count). The summed E-state index contributed by atoms with van der Waals surface area (Å²) in [6, 6.07) is 5.80. The van der Waals surface area contributed by atoms with Crippen LogP contribution in [0.3, 0.4) is 0 Å². The zero-order chi connectivity index (χ0) is 23.1. The fourth-order valence-electron chi connectivity index (χ4n) is 3.47. The number of carbonyl (C=O) groups excluding carboxylic acids is 1. The van der Waals surface area contributed by atoms with Gasteiger partial charge in [0.1, 0.15) is 11.4 Å². The number of halogens is 3. The maximum absolute atomic E-state index is 13.5. The predicted molar refractivity (Wildman–Crippen MR) is 116 cm³/mol. The highest BCUT2D eigenvalue weighted by atomic mass is 19.4. The van der Waals surface area contributed by atoms with E-state index in [-0.39, 0.29) is 24.2 Å². The summed E-state index contributed by atoms with van der Waals surface area (Å²) in [5.74, 6) is -0.207. The largest absolute Gasteiger partial charge is 0.421 e. The zero-order valence-electron chi connectivity index (χ0n) is 18.3. The molecule has 0 atom stereocenters. The maximum atomic E-state index is 13.5. The number of rotatable bonds is 8. The first-order valence-electron chi connectivity index (χ1n) is 10.7. The van der Waals surface area contributed by atoms with E-state index in [0.29, 0.717) is 39.1 Å². The number of carbonyl (C=O) groups is 1. The summed E-state index contributed by atoms with van der Waals surface area (Å²) < 4.78 is 45.7. The fraction of sp³-hybridized carbons (Fsp3) is 0.500. The summed E-state index contributed by atoms with van der Waals surface area (Å²) in [6.45, 7) is 6.01. The molecule has 1 aromatic heterocycles. The molecule has 1 fully saturated rings. The number of benzene rings is 1. The van der Waals surface area contributed by atoms with Crippen molar-refractivity contribution in [3.05, 3.63) is 41.1 Å². The molecule has 1 aliphatic heterocycles. The summed E-state index contributed by atoms with van der Waals surface area (Å²) in [6.07, 6.45) is -2.24. The van der Waals surface area contributed by atoms with Gasteiger partial charge in [0.2, 0.25) is 11.9 Å². The Kier molecular flexibility index (Phi) is 7.89. The molecule has 2 aromatic rings. The summed E-state index contributed by atoms with van der Waals surface area (Å²) >= 11 is 0. The lowest BCUT2D eigenvalue weighted by Crippen LogP contribution is -2.33. The van der Waals surface area contributed by atoms with Crippen LogP contribution in [-0.4, -0.2) is 53.6 Å². The van der Waals surface area contributed by atoms with E-state index in [0.717, 1.165) is 29.4 Å². The molecule has 174 valence electrons. The number of alkyl halides is 3. The van der Waals surface area contributed by atoms with Crippen molar-refractivity contribution in [3.8, 4) is 0 Å². The van der Waals surface area contributed by atoms with Gasteiger partial charge in [-0.15, -0.1) is 0 Å². The van der Waals surface area contributed by atoms with Crippen molar-refractivity contribution in [2.45, 2.75) is 39.3 Å². The summed E-state index contributed by atoms with van der Waals surface area (Å²) in [7, 11) is 0. The van der Waals surface area contributed by atoms with Crippen molar-refractivity contribution >= 4 is 23.4 Å². The summed E-state index contributed by atoms with van der Waals surface area (Å²) in [5.41, 5.74) is 1.94. The molecule has 1 aliphatic rings. The van der Waals surface area contributed by atoms with Crippen molar-refractivity contribution in [1.82, 2.24) is 14.9 Å². The van der Waals surface area contributed by atoms with Gasteiger partial charge in [0.15, 0.2) is 0 Å². The smallest absolute Gasteiger partial charge is 0.379 e. The minimum absolute atomic E-state index is 0.00294. The van der Waals surface area contributed by atoms with Crippen molar-refractivity contribution < 1.29 is 22.7 Å². The van der Waals surface area contributed by atoms with Crippen molar-refractivity contribution in [1.29, 1.82) is 0 Å². The Morgan fingerprint density at radius 1 is 1.25 bits per heavy atom. The van der Waals surface area contributed by atoms with Crippen LogP contribution in [0.2, 0.25) is 0 Å². The molecule has 10 heteroatoms. The van der Waals surface area contributed by atoms with Gasteiger partial charge in [0.05, 0.1) is 19.6 Å². The van der Waals surface area contributed by atoms with Gasteiger partial charge in [-0.25, -0.2) is 4.98 Å². The maximum Gasteiger partial charge on any atom is 0.421 e. The minimum Gasteiger partial charge on any atom is -0.379 e. The van der Waals surface area contributed by atoms with Crippen LogP contribution in [0.15, 0.2) is 24.4 Å². The van der Waals surface area contributed by atoms with Crippen LogP contribution in [0, 0.1) is 6.92 Å². The monoisotopic (exact) mass is 451 g/mol. The predicted octanol–water partition coefficient (Wildman–Crippen LogP) is 4.16. The Hall–Kier alpha value is -2.88. The Morgan fingerprint density at radius 2 is 2.06 bits per heavy atom. The first kappa shape index (κ1) is 23.8. The molecule has 7 nitrogen and oxygen atoms in total.